The van der Waals surface area contributed by atoms with Crippen molar-refractivity contribution in [3.8, 4) is 0 Å². The molecule has 0 aliphatic rings. The molecule has 1 aromatic carbocycles. The van der Waals surface area contributed by atoms with Gasteiger partial charge in [-0.1, -0.05) is 18.2 Å². The van der Waals surface area contributed by atoms with E-state index in [4.69, 9.17) is 5.73 Å². The van der Waals surface area contributed by atoms with Crippen LogP contribution in [0.3, 0.4) is 0 Å². The highest BCUT2D eigenvalue weighted by molar-refractivity contribution is 5.41. The molecule has 1 heterocycles. The Kier molecular flexibility index (Phi) is 3.25. The van der Waals surface area contributed by atoms with E-state index in [-0.39, 0.29) is 6.04 Å². The van der Waals surface area contributed by atoms with Gasteiger partial charge in [0.05, 0.1) is 6.04 Å². The van der Waals surface area contributed by atoms with Gasteiger partial charge in [0.25, 0.3) is 0 Å². The second-order valence-electron chi connectivity index (χ2n) is 4.50. The van der Waals surface area contributed by atoms with Gasteiger partial charge in [0.15, 0.2) is 0 Å². The zero-order valence-corrected chi connectivity index (χ0v) is 10.6. The van der Waals surface area contributed by atoms with Crippen LogP contribution >= 0.6 is 0 Å². The van der Waals surface area contributed by atoms with E-state index in [1.54, 1.807) is 6.20 Å². The molecule has 0 fully saturated rings. The molecule has 88 valence electrons. The van der Waals surface area contributed by atoms with Crippen molar-refractivity contribution >= 4 is 0 Å². The number of hydrogen-bond acceptors (Lipinski definition) is 2. The normalized spacial score (nSPS) is 12.5. The van der Waals surface area contributed by atoms with Crippen molar-refractivity contribution in [1.29, 1.82) is 0 Å². The number of aromatic nitrogens is 1. The van der Waals surface area contributed by atoms with Crippen LogP contribution in [0.2, 0.25) is 0 Å². The van der Waals surface area contributed by atoms with Gasteiger partial charge in [-0.15, -0.1) is 0 Å². The number of rotatable bonds is 2. The Morgan fingerprint density at radius 1 is 1.00 bits per heavy atom. The molecule has 1 atom stereocenters. The van der Waals surface area contributed by atoms with Crippen LogP contribution in [-0.4, -0.2) is 4.98 Å². The lowest BCUT2D eigenvalue weighted by Gasteiger charge is -2.18. The Labute approximate surface area is 103 Å². The summed E-state index contributed by atoms with van der Waals surface area (Å²) in [6.45, 7) is 6.31. The van der Waals surface area contributed by atoms with Gasteiger partial charge in [0.2, 0.25) is 0 Å². The summed E-state index contributed by atoms with van der Waals surface area (Å²) >= 11 is 0. The van der Waals surface area contributed by atoms with Gasteiger partial charge in [-0.3, -0.25) is 4.98 Å². The van der Waals surface area contributed by atoms with Gasteiger partial charge in [0, 0.05) is 12.4 Å². The summed E-state index contributed by atoms with van der Waals surface area (Å²) in [5, 5.41) is 0. The first-order chi connectivity index (χ1) is 8.11. The third-order valence-corrected chi connectivity index (χ3v) is 3.40. The third-order valence-electron chi connectivity index (χ3n) is 3.40. The van der Waals surface area contributed by atoms with Crippen molar-refractivity contribution in [2.45, 2.75) is 26.8 Å². The van der Waals surface area contributed by atoms with Crippen LogP contribution in [0.15, 0.2) is 36.7 Å². The van der Waals surface area contributed by atoms with Gasteiger partial charge in [-0.05, 0) is 54.7 Å². The van der Waals surface area contributed by atoms with Crippen LogP contribution in [0.1, 0.15) is 33.9 Å². The second-order valence-corrected chi connectivity index (χ2v) is 4.50. The van der Waals surface area contributed by atoms with Crippen LogP contribution in [-0.2, 0) is 0 Å². The van der Waals surface area contributed by atoms with E-state index >= 15 is 0 Å². The van der Waals surface area contributed by atoms with E-state index in [2.05, 4.69) is 44.0 Å². The number of pyridine rings is 1. The lowest BCUT2D eigenvalue weighted by molar-refractivity contribution is 0.841. The SMILES string of the molecule is Cc1ccncc1C(N)c1cccc(C)c1C. The predicted octanol–water partition coefficient (Wildman–Crippen LogP) is 3.05. The zero-order valence-electron chi connectivity index (χ0n) is 10.6. The van der Waals surface area contributed by atoms with Crippen LogP contribution in [0.5, 0.6) is 0 Å². The topological polar surface area (TPSA) is 38.9 Å². The molecule has 0 radical (unpaired) electrons. The minimum absolute atomic E-state index is 0.0939. The van der Waals surface area contributed by atoms with Crippen molar-refractivity contribution < 1.29 is 0 Å². The highest BCUT2D eigenvalue weighted by Crippen LogP contribution is 2.25. The highest BCUT2D eigenvalue weighted by atomic mass is 14.7. The summed E-state index contributed by atoms with van der Waals surface area (Å²) in [4.78, 5) is 4.16. The fraction of sp³-hybridized carbons (Fsp3) is 0.267. The molecule has 1 aromatic heterocycles. The van der Waals surface area contributed by atoms with Crippen LogP contribution in [0, 0.1) is 20.8 Å². The maximum Gasteiger partial charge on any atom is 0.0572 e. The van der Waals surface area contributed by atoms with E-state index in [0.717, 1.165) is 5.56 Å². The summed E-state index contributed by atoms with van der Waals surface area (Å²) in [7, 11) is 0. The molecule has 0 aliphatic carbocycles. The van der Waals surface area contributed by atoms with E-state index in [1.165, 1.54) is 22.3 Å². The molecule has 0 bridgehead atoms. The molecule has 2 aromatic rings. The maximum absolute atomic E-state index is 6.35. The van der Waals surface area contributed by atoms with E-state index in [9.17, 15) is 0 Å². The van der Waals surface area contributed by atoms with Gasteiger partial charge in [-0.25, -0.2) is 0 Å². The fourth-order valence-electron chi connectivity index (χ4n) is 2.08. The van der Waals surface area contributed by atoms with Crippen LogP contribution < -0.4 is 5.73 Å². The van der Waals surface area contributed by atoms with Gasteiger partial charge in [-0.2, -0.15) is 0 Å². The van der Waals surface area contributed by atoms with E-state index in [0.29, 0.717) is 0 Å². The highest BCUT2D eigenvalue weighted by Gasteiger charge is 2.14. The molecule has 0 saturated carbocycles. The lowest BCUT2D eigenvalue weighted by Crippen LogP contribution is -2.15. The molecule has 2 rings (SSSR count). The van der Waals surface area contributed by atoms with Crippen molar-refractivity contribution in [3.05, 3.63) is 64.5 Å². The molecule has 0 amide bonds. The Morgan fingerprint density at radius 2 is 1.76 bits per heavy atom. The average Bonchev–Trinajstić information content (AvgIpc) is 2.32. The van der Waals surface area contributed by atoms with Crippen LogP contribution in [0.4, 0.5) is 0 Å². The molecular weight excluding hydrogens is 208 g/mol. The summed E-state index contributed by atoms with van der Waals surface area (Å²) in [6, 6.07) is 8.17. The Morgan fingerprint density at radius 3 is 2.47 bits per heavy atom. The number of aryl methyl sites for hydroxylation is 2. The Hall–Kier alpha value is -1.67. The summed E-state index contributed by atoms with van der Waals surface area (Å²) in [5.74, 6) is 0. The first kappa shape index (κ1) is 11.8. The summed E-state index contributed by atoms with van der Waals surface area (Å²) in [6.07, 6.45) is 3.66. The van der Waals surface area contributed by atoms with Crippen molar-refractivity contribution in [2.75, 3.05) is 0 Å². The minimum Gasteiger partial charge on any atom is -0.320 e. The first-order valence-corrected chi connectivity index (χ1v) is 5.83. The standard InChI is InChI=1S/C15H18N2/c1-10-5-4-6-13(12(10)3)15(16)14-9-17-8-7-11(14)2/h4-9,15H,16H2,1-3H3. The van der Waals surface area contributed by atoms with Gasteiger partial charge < -0.3 is 5.73 Å². The fourth-order valence-corrected chi connectivity index (χ4v) is 2.08. The smallest absolute Gasteiger partial charge is 0.0572 e. The molecule has 0 saturated heterocycles. The molecule has 0 spiro atoms. The minimum atomic E-state index is -0.0939. The van der Waals surface area contributed by atoms with E-state index < -0.39 is 0 Å². The number of nitrogens with zero attached hydrogens (tertiary/aromatic N) is 1. The zero-order chi connectivity index (χ0) is 12.4. The van der Waals surface area contributed by atoms with Crippen molar-refractivity contribution in [3.63, 3.8) is 0 Å². The number of nitrogens with two attached hydrogens (primary N) is 1. The molecule has 2 N–H and O–H groups in total. The average molecular weight is 226 g/mol. The van der Waals surface area contributed by atoms with Gasteiger partial charge >= 0.3 is 0 Å². The molecule has 1 unspecified atom stereocenters. The quantitative estimate of drug-likeness (QED) is 0.854. The lowest BCUT2D eigenvalue weighted by atomic mass is 9.92. The second kappa shape index (κ2) is 4.68. The monoisotopic (exact) mass is 226 g/mol. The number of benzene rings is 1. The van der Waals surface area contributed by atoms with Crippen molar-refractivity contribution in [2.24, 2.45) is 5.73 Å². The maximum atomic E-state index is 6.35. The van der Waals surface area contributed by atoms with Crippen molar-refractivity contribution in [1.82, 2.24) is 4.98 Å². The molecule has 2 nitrogen and oxygen atoms in total. The molecule has 0 aliphatic heterocycles. The Balaban J connectivity index is 2.48. The third kappa shape index (κ3) is 2.22. The molecule has 2 heteroatoms. The molecule has 17 heavy (non-hydrogen) atoms. The van der Waals surface area contributed by atoms with Crippen LogP contribution in [0.25, 0.3) is 0 Å². The summed E-state index contributed by atoms with van der Waals surface area (Å²) < 4.78 is 0. The number of hydrogen-bond donors (Lipinski definition) is 1. The largest absolute Gasteiger partial charge is 0.320 e. The summed E-state index contributed by atoms with van der Waals surface area (Å²) in [5.41, 5.74) is 12.4. The molecular formula is C15H18N2. The van der Waals surface area contributed by atoms with E-state index in [1.807, 2.05) is 12.3 Å². The predicted molar refractivity (Wildman–Crippen MR) is 70.9 cm³/mol. The first-order valence-electron chi connectivity index (χ1n) is 5.83. The Bertz CT molecular complexity index is 532. The van der Waals surface area contributed by atoms with Gasteiger partial charge in [0.1, 0.15) is 0 Å².